The lowest BCUT2D eigenvalue weighted by Gasteiger charge is -2.57. The second-order valence-corrected chi connectivity index (χ2v) is 12.1. The van der Waals surface area contributed by atoms with Crippen LogP contribution in [0.25, 0.3) is 0 Å². The lowest BCUT2D eigenvalue weighted by molar-refractivity contribution is 0.0540. The van der Waals surface area contributed by atoms with Gasteiger partial charge in [0, 0.05) is 17.0 Å². The molecule has 1 aliphatic carbocycles. The first-order valence-corrected chi connectivity index (χ1v) is 9.49. The molecule has 1 saturated heterocycles. The van der Waals surface area contributed by atoms with E-state index >= 15 is 0 Å². The highest BCUT2D eigenvalue weighted by Crippen LogP contribution is 2.60. The molecule has 1 heterocycles. The topological polar surface area (TPSA) is 46.2 Å². The number of hydrogen-bond acceptors (Lipinski definition) is 3. The van der Waals surface area contributed by atoms with Crippen molar-refractivity contribution in [2.24, 2.45) is 11.3 Å². The van der Waals surface area contributed by atoms with Crippen molar-refractivity contribution in [3.8, 4) is 0 Å². The first kappa shape index (κ1) is 15.2. The molecule has 18 heavy (non-hydrogen) atoms. The maximum atomic E-state index is 11.3. The second kappa shape index (κ2) is 4.38. The molecule has 0 bridgehead atoms. The molecule has 106 valence electrons. The fourth-order valence-electron chi connectivity index (χ4n) is 3.42. The van der Waals surface area contributed by atoms with Crippen LogP contribution in [0, 0.1) is 11.3 Å². The van der Waals surface area contributed by atoms with Gasteiger partial charge in [0.25, 0.3) is 0 Å². The normalized spacial score (nSPS) is 30.6. The second-order valence-electron chi connectivity index (χ2n) is 7.05. The monoisotopic (exact) mass is 309 g/mol. The summed E-state index contributed by atoms with van der Waals surface area (Å²) in [6.07, 6.45) is 2.34. The Morgan fingerprint density at radius 3 is 2.06 bits per heavy atom. The Hall–Kier alpha value is 0.770. The summed E-state index contributed by atoms with van der Waals surface area (Å²) in [5, 5.41) is 3.52. The quantitative estimate of drug-likeness (QED) is 0.803. The molecule has 2 fully saturated rings. The lowest BCUT2D eigenvalue weighted by atomic mass is 9.61. The molecule has 1 aliphatic heterocycles. The van der Waals surface area contributed by atoms with Gasteiger partial charge in [-0.05, 0) is 31.1 Å². The van der Waals surface area contributed by atoms with Crippen LogP contribution in [0.15, 0.2) is 0 Å². The van der Waals surface area contributed by atoms with Gasteiger partial charge in [0.15, 0.2) is 9.84 Å². The standard InChI is InChI=1S/C12H25NO2P2S/c1-9(2)11(4-12(16,17)5-11)6-13-10(3)7-18(14,15)8-10/h9,13H,4-8,16-17H2,1-3H3. The zero-order valence-electron chi connectivity index (χ0n) is 11.5. The molecule has 0 amide bonds. The first-order valence-electron chi connectivity index (χ1n) is 6.51. The zero-order chi connectivity index (χ0) is 13.8. The molecule has 2 rings (SSSR count). The molecule has 0 radical (unpaired) electrons. The molecular weight excluding hydrogens is 284 g/mol. The van der Waals surface area contributed by atoms with Crippen molar-refractivity contribution < 1.29 is 8.42 Å². The lowest BCUT2D eigenvalue weighted by Crippen LogP contribution is -2.65. The maximum absolute atomic E-state index is 11.3. The Morgan fingerprint density at radius 1 is 1.22 bits per heavy atom. The predicted octanol–water partition coefficient (Wildman–Crippen LogP) is 1.65. The van der Waals surface area contributed by atoms with Crippen molar-refractivity contribution >= 4 is 28.3 Å². The molecule has 1 N–H and O–H groups in total. The number of hydrogen-bond donors (Lipinski definition) is 1. The summed E-state index contributed by atoms with van der Waals surface area (Å²) in [7, 11) is 3.08. The van der Waals surface area contributed by atoms with Crippen LogP contribution >= 0.6 is 18.5 Å². The van der Waals surface area contributed by atoms with E-state index in [9.17, 15) is 8.42 Å². The zero-order valence-corrected chi connectivity index (χ0v) is 14.6. The maximum Gasteiger partial charge on any atom is 0.153 e. The third-order valence-corrected chi connectivity index (χ3v) is 7.50. The van der Waals surface area contributed by atoms with E-state index in [0.717, 1.165) is 6.54 Å². The molecule has 0 aromatic rings. The number of nitrogens with one attached hydrogen (secondary N) is 1. The van der Waals surface area contributed by atoms with Crippen molar-refractivity contribution in [2.75, 3.05) is 18.1 Å². The highest BCUT2D eigenvalue weighted by Gasteiger charge is 2.53. The van der Waals surface area contributed by atoms with Crippen LogP contribution in [-0.2, 0) is 9.84 Å². The van der Waals surface area contributed by atoms with E-state index in [4.69, 9.17) is 0 Å². The van der Waals surface area contributed by atoms with Gasteiger partial charge in [-0.3, -0.25) is 0 Å². The smallest absolute Gasteiger partial charge is 0.153 e. The van der Waals surface area contributed by atoms with Crippen LogP contribution in [0.1, 0.15) is 33.6 Å². The van der Waals surface area contributed by atoms with Gasteiger partial charge in [-0.15, -0.1) is 18.5 Å². The third-order valence-electron chi connectivity index (χ3n) is 4.53. The Labute approximate surface area is 116 Å². The van der Waals surface area contributed by atoms with Gasteiger partial charge in [-0.25, -0.2) is 8.42 Å². The van der Waals surface area contributed by atoms with E-state index in [0.29, 0.717) is 27.7 Å². The first-order chi connectivity index (χ1) is 7.98. The van der Waals surface area contributed by atoms with Crippen molar-refractivity contribution in [1.29, 1.82) is 0 Å². The number of sulfone groups is 1. The summed E-state index contributed by atoms with van der Waals surface area (Å²) in [6, 6.07) is 0. The average molecular weight is 309 g/mol. The van der Waals surface area contributed by atoms with Gasteiger partial charge in [-0.2, -0.15) is 0 Å². The van der Waals surface area contributed by atoms with Gasteiger partial charge in [0.1, 0.15) is 0 Å². The molecular formula is C12H25NO2P2S. The van der Waals surface area contributed by atoms with E-state index < -0.39 is 9.84 Å². The molecule has 0 aromatic carbocycles. The molecule has 3 nitrogen and oxygen atoms in total. The van der Waals surface area contributed by atoms with Gasteiger partial charge >= 0.3 is 0 Å². The van der Waals surface area contributed by atoms with Gasteiger partial charge in [0.2, 0.25) is 0 Å². The summed E-state index contributed by atoms with van der Waals surface area (Å²) < 4.78 is 22.6. The van der Waals surface area contributed by atoms with Crippen LogP contribution in [0.3, 0.4) is 0 Å². The van der Waals surface area contributed by atoms with Gasteiger partial charge < -0.3 is 5.32 Å². The van der Waals surface area contributed by atoms with Gasteiger partial charge in [0.05, 0.1) is 11.5 Å². The van der Waals surface area contributed by atoms with Crippen LogP contribution in [0.5, 0.6) is 0 Å². The fraction of sp³-hybridized carbons (Fsp3) is 1.00. The molecule has 0 spiro atoms. The van der Waals surface area contributed by atoms with E-state index in [1.165, 1.54) is 12.8 Å². The highest BCUT2D eigenvalue weighted by molar-refractivity contribution is 7.93. The third kappa shape index (κ3) is 2.92. The summed E-state index contributed by atoms with van der Waals surface area (Å²) in [6.45, 7) is 7.49. The Morgan fingerprint density at radius 2 is 1.72 bits per heavy atom. The molecule has 6 heteroatoms. The largest absolute Gasteiger partial charge is 0.309 e. The summed E-state index contributed by atoms with van der Waals surface area (Å²) in [5.41, 5.74) is 0.132. The van der Waals surface area contributed by atoms with Crippen molar-refractivity contribution in [3.05, 3.63) is 0 Å². The van der Waals surface area contributed by atoms with E-state index in [1.54, 1.807) is 0 Å². The molecule has 2 atom stereocenters. The van der Waals surface area contributed by atoms with Crippen LogP contribution in [-0.4, -0.2) is 36.9 Å². The van der Waals surface area contributed by atoms with E-state index in [-0.39, 0.29) is 5.54 Å². The molecule has 2 aliphatic rings. The van der Waals surface area contributed by atoms with E-state index in [2.05, 4.69) is 37.6 Å². The molecule has 0 aromatic heterocycles. The Bertz CT molecular complexity index is 425. The molecule has 2 unspecified atom stereocenters. The van der Waals surface area contributed by atoms with Crippen molar-refractivity contribution in [1.82, 2.24) is 5.32 Å². The van der Waals surface area contributed by atoms with Crippen molar-refractivity contribution in [3.63, 3.8) is 0 Å². The summed E-state index contributed by atoms with van der Waals surface area (Å²) >= 11 is 0. The minimum absolute atomic E-state index is 0.194. The minimum Gasteiger partial charge on any atom is -0.309 e. The fourth-order valence-corrected chi connectivity index (χ4v) is 7.10. The SMILES string of the molecule is CC(C)C1(CNC2(C)CS(=O)(=O)C2)CC(P)(P)C1. The minimum atomic E-state index is -2.76. The van der Waals surface area contributed by atoms with Crippen LogP contribution in [0.4, 0.5) is 0 Å². The van der Waals surface area contributed by atoms with Crippen LogP contribution < -0.4 is 5.32 Å². The Kier molecular flexibility index (Phi) is 3.69. The number of rotatable bonds is 4. The van der Waals surface area contributed by atoms with Crippen molar-refractivity contribution in [2.45, 2.75) is 44.0 Å². The summed E-state index contributed by atoms with van der Waals surface area (Å²) in [4.78, 5) is 0.290. The highest BCUT2D eigenvalue weighted by atomic mass is 32.2. The summed E-state index contributed by atoms with van der Waals surface area (Å²) in [5.74, 6) is 1.21. The average Bonchev–Trinajstić information content (AvgIpc) is 2.07. The predicted molar refractivity (Wildman–Crippen MR) is 83.7 cm³/mol. The van der Waals surface area contributed by atoms with Crippen LogP contribution in [0.2, 0.25) is 0 Å². The molecule has 1 saturated carbocycles. The van der Waals surface area contributed by atoms with E-state index in [1.807, 2.05) is 6.92 Å². The van der Waals surface area contributed by atoms with Gasteiger partial charge in [-0.1, -0.05) is 13.8 Å². The Balaban J connectivity index is 1.93.